The van der Waals surface area contributed by atoms with Gasteiger partial charge in [-0.3, -0.25) is 0 Å². The zero-order chi connectivity index (χ0) is 6.10. The summed E-state index contributed by atoms with van der Waals surface area (Å²) in [5, 5.41) is 0. The molecule has 1 aromatic carbocycles. The van der Waals surface area contributed by atoms with Gasteiger partial charge in [0.15, 0.2) is 23.7 Å². The van der Waals surface area contributed by atoms with Gasteiger partial charge in [0.2, 0.25) is 0 Å². The maximum atomic E-state index is 3.94. The van der Waals surface area contributed by atoms with Gasteiger partial charge < -0.3 is 4.98 Å². The lowest BCUT2D eigenvalue weighted by molar-refractivity contribution is 1.32. The number of hydrogen-bond donors (Lipinski definition) is 1. The average Bonchev–Trinajstić information content (AvgIpc) is 2.33. The lowest BCUT2D eigenvalue weighted by Gasteiger charge is -1.81. The molecule has 0 amide bonds. The summed E-state index contributed by atoms with van der Waals surface area (Å²) >= 11 is 0. The number of H-pyrrole nitrogens is 1. The van der Waals surface area contributed by atoms with E-state index in [1.54, 1.807) is 0 Å². The van der Waals surface area contributed by atoms with Crippen LogP contribution in [0.3, 0.4) is 0 Å². The highest BCUT2D eigenvalue weighted by molar-refractivity contribution is 5.75. The van der Waals surface area contributed by atoms with E-state index in [-0.39, 0.29) is 17.4 Å². The minimum absolute atomic E-state index is 0. The molecule has 0 aliphatic rings. The fraction of sp³-hybridized carbons (Fsp3) is 0. The van der Waals surface area contributed by atoms with Crippen molar-refractivity contribution in [1.82, 2.24) is 9.97 Å². The highest BCUT2D eigenvalue weighted by Crippen LogP contribution is 2.04. The van der Waals surface area contributed by atoms with Crippen LogP contribution in [0, 0.1) is 6.33 Å². The Bertz CT molecular complexity index is 286. The third-order valence-corrected chi connectivity index (χ3v) is 1.27. The molecule has 0 atom stereocenters. The van der Waals surface area contributed by atoms with Crippen LogP contribution in [0.4, 0.5) is 0 Å². The molecule has 3 heteroatoms. The summed E-state index contributed by atoms with van der Waals surface area (Å²) in [6, 6.07) is 7.84. The molecule has 0 spiro atoms. The van der Waals surface area contributed by atoms with E-state index in [9.17, 15) is 0 Å². The molecule has 1 aromatic heterocycles. The normalized spacial score (nSPS) is 9.20. The second-order valence-corrected chi connectivity index (χ2v) is 1.87. The number of aromatic amines is 1. The molecule has 2 rings (SSSR count). The molecule has 1 N–H and O–H groups in total. The molecule has 49 valence electrons. The van der Waals surface area contributed by atoms with Crippen molar-refractivity contribution in [1.29, 1.82) is 0 Å². The first-order valence-corrected chi connectivity index (χ1v) is 2.77. The number of imidazole rings is 1. The van der Waals surface area contributed by atoms with Gasteiger partial charge in [0.25, 0.3) is 0 Å². The van der Waals surface area contributed by atoms with E-state index in [4.69, 9.17) is 0 Å². The molecule has 0 saturated heterocycles. The van der Waals surface area contributed by atoms with Crippen molar-refractivity contribution < 1.29 is 0 Å². The van der Waals surface area contributed by atoms with Crippen LogP contribution in [0.25, 0.3) is 11.0 Å². The van der Waals surface area contributed by atoms with E-state index in [0.717, 1.165) is 11.0 Å². The van der Waals surface area contributed by atoms with Crippen LogP contribution in [0.1, 0.15) is 0 Å². The summed E-state index contributed by atoms with van der Waals surface area (Å²) in [7, 11) is 0. The first-order valence-electron chi connectivity index (χ1n) is 2.77. The summed E-state index contributed by atoms with van der Waals surface area (Å²) in [5.74, 6) is 0. The number of para-hydroxylation sites is 2. The van der Waals surface area contributed by atoms with Gasteiger partial charge >= 0.3 is 0 Å². The van der Waals surface area contributed by atoms with Crippen LogP contribution >= 0.6 is 0 Å². The second kappa shape index (κ2) is 2.87. The number of aromatic nitrogens is 2. The smallest absolute Gasteiger partial charge is 0.187 e. The van der Waals surface area contributed by atoms with E-state index >= 15 is 0 Å². The highest BCUT2D eigenvalue weighted by atomic mass is 27.0. The Labute approximate surface area is 69.4 Å². The molecule has 1 radical (unpaired) electrons. The Balaban J connectivity index is 0.000000500. The van der Waals surface area contributed by atoms with Crippen molar-refractivity contribution in [2.24, 2.45) is 0 Å². The topological polar surface area (TPSA) is 28.7 Å². The third kappa shape index (κ3) is 1.06. The molecular weight excluding hydrogens is 139 g/mol. The van der Waals surface area contributed by atoms with Gasteiger partial charge in [-0.1, -0.05) is 12.1 Å². The standard InChI is InChI=1S/C7H5N2.Al.3H/c1-2-4-7-6(3-1)8-5-9-7;;;;/h1-4H,(H,8,9);;;;. The summed E-state index contributed by atoms with van der Waals surface area (Å²) < 4.78 is 0. The molecule has 0 unspecified atom stereocenters. The Morgan fingerprint density at radius 2 is 2.10 bits per heavy atom. The zero-order valence-electron chi connectivity index (χ0n) is 4.76. The molecule has 0 fully saturated rings. The molecule has 2 aromatic rings. The summed E-state index contributed by atoms with van der Waals surface area (Å²) in [5.41, 5.74) is 2.01. The average molecular weight is 147 g/mol. The number of hydrogen-bond acceptors (Lipinski definition) is 1. The number of benzene rings is 1. The van der Waals surface area contributed by atoms with Crippen molar-refractivity contribution >= 4 is 28.4 Å². The molecule has 2 nitrogen and oxygen atoms in total. The Morgan fingerprint density at radius 1 is 1.30 bits per heavy atom. The van der Waals surface area contributed by atoms with E-state index in [0.29, 0.717) is 0 Å². The first-order chi connectivity index (χ1) is 4.47. The first kappa shape index (κ1) is 7.33. The van der Waals surface area contributed by atoms with E-state index < -0.39 is 0 Å². The van der Waals surface area contributed by atoms with Crippen molar-refractivity contribution in [2.75, 3.05) is 0 Å². The molecule has 0 saturated carbocycles. The van der Waals surface area contributed by atoms with Crippen molar-refractivity contribution in [3.05, 3.63) is 30.6 Å². The summed E-state index contributed by atoms with van der Waals surface area (Å²) in [4.78, 5) is 6.82. The maximum Gasteiger partial charge on any atom is 0.187 e. The van der Waals surface area contributed by atoms with Crippen LogP contribution in [0.2, 0.25) is 0 Å². The minimum Gasteiger partial charge on any atom is -0.335 e. The molecule has 0 aliphatic heterocycles. The van der Waals surface area contributed by atoms with Crippen LogP contribution in [0.15, 0.2) is 24.3 Å². The fourth-order valence-corrected chi connectivity index (χ4v) is 0.825. The van der Waals surface area contributed by atoms with Crippen LogP contribution in [-0.2, 0) is 0 Å². The van der Waals surface area contributed by atoms with Gasteiger partial charge in [-0.2, -0.15) is 0 Å². The monoisotopic (exact) mass is 147 g/mol. The Hall–Kier alpha value is -0.778. The van der Waals surface area contributed by atoms with E-state index in [1.807, 2.05) is 24.3 Å². The molecule has 0 bridgehead atoms. The number of rotatable bonds is 0. The minimum atomic E-state index is 0. The fourth-order valence-electron chi connectivity index (χ4n) is 0.825. The number of fused-ring (bicyclic) bond motifs is 1. The van der Waals surface area contributed by atoms with Gasteiger partial charge in [0, 0.05) is 0 Å². The van der Waals surface area contributed by atoms with Gasteiger partial charge in [0.05, 0.1) is 11.0 Å². The largest absolute Gasteiger partial charge is 0.335 e. The van der Waals surface area contributed by atoms with Crippen molar-refractivity contribution in [3.63, 3.8) is 0 Å². The lowest BCUT2D eigenvalue weighted by atomic mass is 10.3. The quantitative estimate of drug-likeness (QED) is 0.529. The summed E-state index contributed by atoms with van der Waals surface area (Å²) in [6.07, 6.45) is 2.66. The zero-order valence-corrected chi connectivity index (χ0v) is 4.76. The van der Waals surface area contributed by atoms with Crippen LogP contribution < -0.4 is 0 Å². The number of nitrogens with one attached hydrogen (secondary N) is 1. The molecule has 1 heterocycles. The molecule has 0 aliphatic carbocycles. The van der Waals surface area contributed by atoms with Gasteiger partial charge in [0.1, 0.15) is 0 Å². The lowest BCUT2D eigenvalue weighted by Crippen LogP contribution is -1.63. The van der Waals surface area contributed by atoms with Crippen LogP contribution in [-0.4, -0.2) is 27.3 Å². The third-order valence-electron chi connectivity index (χ3n) is 1.27. The second-order valence-electron chi connectivity index (χ2n) is 1.87. The molecule has 10 heavy (non-hydrogen) atoms. The highest BCUT2D eigenvalue weighted by Gasteiger charge is 1.89. The van der Waals surface area contributed by atoms with Crippen molar-refractivity contribution in [3.8, 4) is 0 Å². The van der Waals surface area contributed by atoms with Crippen LogP contribution in [0.5, 0.6) is 0 Å². The number of nitrogens with zero attached hydrogens (tertiary/aromatic N) is 1. The van der Waals surface area contributed by atoms with Gasteiger partial charge in [-0.05, 0) is 12.1 Å². The van der Waals surface area contributed by atoms with Gasteiger partial charge in [-0.25, -0.2) is 4.98 Å². The Kier molecular flexibility index (Phi) is 2.10. The predicted octanol–water partition coefficient (Wildman–Crippen LogP) is 0.179. The SMILES string of the molecule is [AlH3].[c]1nc2ccccc2[nH]1. The maximum absolute atomic E-state index is 3.94. The molecular formula is C7H8AlN2. The van der Waals surface area contributed by atoms with Crippen molar-refractivity contribution in [2.45, 2.75) is 0 Å². The summed E-state index contributed by atoms with van der Waals surface area (Å²) in [6.45, 7) is 0. The van der Waals surface area contributed by atoms with E-state index in [1.165, 1.54) is 0 Å². The predicted molar refractivity (Wildman–Crippen MR) is 44.9 cm³/mol. The van der Waals surface area contributed by atoms with E-state index in [2.05, 4.69) is 16.3 Å². The Morgan fingerprint density at radius 3 is 2.90 bits per heavy atom. The van der Waals surface area contributed by atoms with Gasteiger partial charge in [-0.15, -0.1) is 0 Å².